The van der Waals surface area contributed by atoms with Crippen LogP contribution in [0.25, 0.3) is 0 Å². The number of hydrogen-bond donors (Lipinski definition) is 1. The Morgan fingerprint density at radius 2 is 2.20 bits per heavy atom. The Morgan fingerprint density at radius 1 is 1.35 bits per heavy atom. The molecular formula is C16H21N3O. The summed E-state index contributed by atoms with van der Waals surface area (Å²) in [4.78, 5) is 6.72. The summed E-state index contributed by atoms with van der Waals surface area (Å²) in [7, 11) is 2.08. The third-order valence-electron chi connectivity index (χ3n) is 3.76. The summed E-state index contributed by atoms with van der Waals surface area (Å²) in [6.45, 7) is 3.70. The Bertz CT molecular complexity index is 575. The summed E-state index contributed by atoms with van der Waals surface area (Å²) in [5.74, 6) is 2.02. The molecule has 20 heavy (non-hydrogen) atoms. The molecule has 0 aromatic carbocycles. The standard InChI is InChI=1S/C16H21N3O/c1-12-14(7-9-20-12)11-19(2)16-13(4-3-8-17-16)10-18-15-5-6-15/h3-4,7-9,15,18H,5-6,10-11H2,1-2H3. The van der Waals surface area contributed by atoms with Crippen LogP contribution >= 0.6 is 0 Å². The smallest absolute Gasteiger partial charge is 0.133 e. The Labute approximate surface area is 119 Å². The number of nitrogens with zero attached hydrogens (tertiary/aromatic N) is 2. The van der Waals surface area contributed by atoms with Gasteiger partial charge >= 0.3 is 0 Å². The molecule has 1 aliphatic carbocycles. The Morgan fingerprint density at radius 3 is 2.90 bits per heavy atom. The van der Waals surface area contributed by atoms with E-state index in [1.807, 2.05) is 25.3 Å². The van der Waals surface area contributed by atoms with Crippen molar-refractivity contribution in [3.05, 3.63) is 47.5 Å². The molecule has 2 heterocycles. The number of rotatable bonds is 6. The monoisotopic (exact) mass is 271 g/mol. The molecule has 1 N–H and O–H groups in total. The number of nitrogens with one attached hydrogen (secondary N) is 1. The maximum Gasteiger partial charge on any atom is 0.133 e. The maximum atomic E-state index is 5.36. The van der Waals surface area contributed by atoms with Gasteiger partial charge in [0, 0.05) is 43.5 Å². The Kier molecular flexibility index (Phi) is 3.74. The van der Waals surface area contributed by atoms with E-state index in [4.69, 9.17) is 4.42 Å². The van der Waals surface area contributed by atoms with Crippen molar-refractivity contribution < 1.29 is 4.42 Å². The van der Waals surface area contributed by atoms with Crippen molar-refractivity contribution >= 4 is 5.82 Å². The molecule has 0 unspecified atom stereocenters. The van der Waals surface area contributed by atoms with Crippen LogP contribution in [-0.2, 0) is 13.1 Å². The second kappa shape index (κ2) is 5.67. The normalized spacial score (nSPS) is 14.5. The third-order valence-corrected chi connectivity index (χ3v) is 3.76. The van der Waals surface area contributed by atoms with Gasteiger partial charge in [0.1, 0.15) is 11.6 Å². The van der Waals surface area contributed by atoms with Crippen molar-refractivity contribution in [3.8, 4) is 0 Å². The number of hydrogen-bond acceptors (Lipinski definition) is 4. The summed E-state index contributed by atoms with van der Waals surface area (Å²) < 4.78 is 5.36. The van der Waals surface area contributed by atoms with Gasteiger partial charge in [-0.3, -0.25) is 0 Å². The molecule has 1 aliphatic rings. The van der Waals surface area contributed by atoms with Gasteiger partial charge in [0.15, 0.2) is 0 Å². The van der Waals surface area contributed by atoms with Gasteiger partial charge in [0.05, 0.1) is 6.26 Å². The SMILES string of the molecule is Cc1occc1CN(C)c1ncccc1CNC1CC1. The van der Waals surface area contributed by atoms with Crippen LogP contribution in [0.2, 0.25) is 0 Å². The van der Waals surface area contributed by atoms with Gasteiger partial charge < -0.3 is 14.6 Å². The topological polar surface area (TPSA) is 41.3 Å². The lowest BCUT2D eigenvalue weighted by atomic mass is 10.2. The van der Waals surface area contributed by atoms with Crippen LogP contribution < -0.4 is 10.2 Å². The molecule has 1 fully saturated rings. The maximum absolute atomic E-state index is 5.36. The van der Waals surface area contributed by atoms with E-state index in [2.05, 4.69) is 28.3 Å². The molecule has 1 saturated carbocycles. The largest absolute Gasteiger partial charge is 0.469 e. The minimum absolute atomic E-state index is 0.712. The van der Waals surface area contributed by atoms with Crippen LogP contribution in [0.1, 0.15) is 29.7 Å². The van der Waals surface area contributed by atoms with Crippen LogP contribution in [0.4, 0.5) is 5.82 Å². The molecule has 2 aromatic rings. The highest BCUT2D eigenvalue weighted by Gasteiger charge is 2.21. The average Bonchev–Trinajstić information content (AvgIpc) is 3.21. The second-order valence-electron chi connectivity index (χ2n) is 5.50. The average molecular weight is 271 g/mol. The molecule has 0 saturated heterocycles. The zero-order valence-electron chi connectivity index (χ0n) is 12.1. The lowest BCUT2D eigenvalue weighted by molar-refractivity contribution is 0.529. The number of pyridine rings is 1. The van der Waals surface area contributed by atoms with Crippen molar-refractivity contribution in [2.75, 3.05) is 11.9 Å². The number of aromatic nitrogens is 1. The highest BCUT2D eigenvalue weighted by Crippen LogP contribution is 2.23. The summed E-state index contributed by atoms with van der Waals surface area (Å²) >= 11 is 0. The fourth-order valence-electron chi connectivity index (χ4n) is 2.36. The van der Waals surface area contributed by atoms with Gasteiger partial charge in [-0.25, -0.2) is 4.98 Å². The van der Waals surface area contributed by atoms with E-state index in [1.54, 1.807) is 6.26 Å². The van der Waals surface area contributed by atoms with Crippen LogP contribution in [0.5, 0.6) is 0 Å². The molecular weight excluding hydrogens is 250 g/mol. The van der Waals surface area contributed by atoms with E-state index in [-0.39, 0.29) is 0 Å². The fraction of sp³-hybridized carbons (Fsp3) is 0.438. The Balaban J connectivity index is 1.72. The fourth-order valence-corrected chi connectivity index (χ4v) is 2.36. The van der Waals surface area contributed by atoms with Gasteiger partial charge in [-0.2, -0.15) is 0 Å². The van der Waals surface area contributed by atoms with Crippen molar-refractivity contribution in [2.24, 2.45) is 0 Å². The number of furan rings is 1. The molecule has 0 spiro atoms. The van der Waals surface area contributed by atoms with Gasteiger partial charge in [0.25, 0.3) is 0 Å². The van der Waals surface area contributed by atoms with Crippen molar-refractivity contribution in [1.29, 1.82) is 0 Å². The van der Waals surface area contributed by atoms with Crippen molar-refractivity contribution in [1.82, 2.24) is 10.3 Å². The number of aryl methyl sites for hydroxylation is 1. The molecule has 106 valence electrons. The van der Waals surface area contributed by atoms with Crippen LogP contribution in [0, 0.1) is 6.92 Å². The first kappa shape index (κ1) is 13.2. The molecule has 0 bridgehead atoms. The molecule has 3 rings (SSSR count). The van der Waals surface area contributed by atoms with E-state index in [1.165, 1.54) is 24.0 Å². The van der Waals surface area contributed by atoms with Crippen LogP contribution in [0.15, 0.2) is 35.1 Å². The van der Waals surface area contributed by atoms with Crippen molar-refractivity contribution in [2.45, 2.75) is 38.9 Å². The first-order valence-electron chi connectivity index (χ1n) is 7.15. The first-order chi connectivity index (χ1) is 9.74. The molecule has 0 aliphatic heterocycles. The van der Waals surface area contributed by atoms with Gasteiger partial charge in [-0.1, -0.05) is 6.07 Å². The molecule has 0 radical (unpaired) electrons. The molecule has 4 nitrogen and oxygen atoms in total. The minimum atomic E-state index is 0.712. The van der Waals surface area contributed by atoms with E-state index < -0.39 is 0 Å². The van der Waals surface area contributed by atoms with Gasteiger partial charge in [-0.05, 0) is 31.9 Å². The summed E-state index contributed by atoms with van der Waals surface area (Å²) in [6, 6.07) is 6.89. The summed E-state index contributed by atoms with van der Waals surface area (Å²) in [5.41, 5.74) is 2.46. The quantitative estimate of drug-likeness (QED) is 0.877. The van der Waals surface area contributed by atoms with E-state index in [0.29, 0.717) is 6.04 Å². The van der Waals surface area contributed by atoms with E-state index in [9.17, 15) is 0 Å². The lowest BCUT2D eigenvalue weighted by Gasteiger charge is -2.21. The predicted octanol–water partition coefficient (Wildman–Crippen LogP) is 2.87. The zero-order valence-corrected chi connectivity index (χ0v) is 12.1. The summed E-state index contributed by atoms with van der Waals surface area (Å²) in [6.07, 6.45) is 6.21. The molecule has 4 heteroatoms. The summed E-state index contributed by atoms with van der Waals surface area (Å²) in [5, 5.41) is 3.55. The van der Waals surface area contributed by atoms with Crippen LogP contribution in [0.3, 0.4) is 0 Å². The van der Waals surface area contributed by atoms with E-state index >= 15 is 0 Å². The van der Waals surface area contributed by atoms with Crippen LogP contribution in [-0.4, -0.2) is 18.1 Å². The second-order valence-corrected chi connectivity index (χ2v) is 5.50. The highest BCUT2D eigenvalue weighted by molar-refractivity contribution is 5.46. The van der Waals surface area contributed by atoms with Crippen molar-refractivity contribution in [3.63, 3.8) is 0 Å². The molecule has 0 amide bonds. The molecule has 0 atom stereocenters. The predicted molar refractivity (Wildman–Crippen MR) is 79.7 cm³/mol. The Hall–Kier alpha value is -1.81. The lowest BCUT2D eigenvalue weighted by Crippen LogP contribution is -2.22. The highest BCUT2D eigenvalue weighted by atomic mass is 16.3. The zero-order chi connectivity index (χ0) is 13.9. The number of anilines is 1. The molecule has 2 aromatic heterocycles. The van der Waals surface area contributed by atoms with Gasteiger partial charge in [-0.15, -0.1) is 0 Å². The third kappa shape index (κ3) is 3.02. The minimum Gasteiger partial charge on any atom is -0.469 e. The van der Waals surface area contributed by atoms with Gasteiger partial charge in [0.2, 0.25) is 0 Å². The van der Waals surface area contributed by atoms with E-state index in [0.717, 1.165) is 24.7 Å². The first-order valence-corrected chi connectivity index (χ1v) is 7.15.